The third-order valence-electron chi connectivity index (χ3n) is 2.51. The first-order valence-corrected chi connectivity index (χ1v) is 6.98. The Labute approximate surface area is 120 Å². The van der Waals surface area contributed by atoms with Crippen molar-refractivity contribution in [2.24, 2.45) is 0 Å². The van der Waals surface area contributed by atoms with Gasteiger partial charge in [0.25, 0.3) is 0 Å². The van der Waals surface area contributed by atoms with Crippen LogP contribution >= 0.6 is 11.6 Å². The van der Waals surface area contributed by atoms with Crippen LogP contribution in [-0.2, 0) is 13.0 Å². The van der Waals surface area contributed by atoms with E-state index in [1.807, 2.05) is 50.2 Å². The van der Waals surface area contributed by atoms with Gasteiger partial charge >= 0.3 is 0 Å². The largest absolute Gasteiger partial charge is 0.486 e. The number of aryl methyl sites for hydroxylation is 1. The van der Waals surface area contributed by atoms with Crippen LogP contribution in [0.2, 0.25) is 5.02 Å². The lowest BCUT2D eigenvalue weighted by atomic mass is 10.2. The van der Waals surface area contributed by atoms with Crippen LogP contribution in [0.15, 0.2) is 42.6 Å². The van der Waals surface area contributed by atoms with E-state index in [0.717, 1.165) is 12.1 Å². The van der Waals surface area contributed by atoms with Crippen LogP contribution in [0.25, 0.3) is 0 Å². The van der Waals surface area contributed by atoms with Crippen molar-refractivity contribution in [1.29, 1.82) is 0 Å². The summed E-state index contributed by atoms with van der Waals surface area (Å²) in [5.41, 5.74) is 2.10. The number of pyridine rings is 1. The first-order chi connectivity index (χ1) is 9.29. The van der Waals surface area contributed by atoms with E-state index in [1.54, 1.807) is 6.20 Å². The Morgan fingerprint density at radius 3 is 2.53 bits per heavy atom. The molecule has 19 heavy (non-hydrogen) atoms. The molecular weight excluding hydrogens is 258 g/mol. The molecule has 1 heterocycles. The van der Waals surface area contributed by atoms with Gasteiger partial charge in [-0.3, -0.25) is 4.98 Å². The number of ether oxygens (including phenoxy) is 1. The van der Waals surface area contributed by atoms with Crippen LogP contribution in [0.1, 0.15) is 32.0 Å². The van der Waals surface area contributed by atoms with Crippen molar-refractivity contribution in [2.45, 2.75) is 33.8 Å². The highest BCUT2D eigenvalue weighted by Gasteiger charge is 2.03. The topological polar surface area (TPSA) is 22.1 Å². The maximum absolute atomic E-state index is 6.13. The average Bonchev–Trinajstić information content (AvgIpc) is 2.49. The maximum Gasteiger partial charge on any atom is 0.138 e. The van der Waals surface area contributed by atoms with Crippen molar-refractivity contribution in [1.82, 2.24) is 4.98 Å². The van der Waals surface area contributed by atoms with Crippen molar-refractivity contribution in [3.8, 4) is 5.75 Å². The van der Waals surface area contributed by atoms with E-state index in [2.05, 4.69) is 11.9 Å². The molecule has 0 spiro atoms. The SMILES string of the molecule is CC.CCc1ccc(OCc2ccccn2)c(Cl)c1. The minimum atomic E-state index is 0.437. The van der Waals surface area contributed by atoms with E-state index < -0.39 is 0 Å². The third-order valence-corrected chi connectivity index (χ3v) is 2.80. The quantitative estimate of drug-likeness (QED) is 0.793. The van der Waals surface area contributed by atoms with Crippen LogP contribution in [-0.4, -0.2) is 4.98 Å². The fourth-order valence-electron chi connectivity index (χ4n) is 1.52. The van der Waals surface area contributed by atoms with Crippen molar-refractivity contribution in [3.63, 3.8) is 0 Å². The van der Waals surface area contributed by atoms with Gasteiger partial charge in [-0.2, -0.15) is 0 Å². The second-order valence-corrected chi connectivity index (χ2v) is 4.14. The molecule has 2 aromatic rings. The minimum Gasteiger partial charge on any atom is -0.486 e. The summed E-state index contributed by atoms with van der Waals surface area (Å²) in [6.07, 6.45) is 2.72. The molecule has 0 saturated carbocycles. The summed E-state index contributed by atoms with van der Waals surface area (Å²) in [6.45, 7) is 6.53. The van der Waals surface area contributed by atoms with E-state index >= 15 is 0 Å². The number of aromatic nitrogens is 1. The molecule has 0 amide bonds. The second kappa shape index (κ2) is 8.54. The molecule has 0 aliphatic carbocycles. The first-order valence-electron chi connectivity index (χ1n) is 6.60. The second-order valence-electron chi connectivity index (χ2n) is 3.73. The Morgan fingerprint density at radius 2 is 1.95 bits per heavy atom. The number of benzene rings is 1. The lowest BCUT2D eigenvalue weighted by molar-refractivity contribution is 0.301. The highest BCUT2D eigenvalue weighted by atomic mass is 35.5. The summed E-state index contributed by atoms with van der Waals surface area (Å²) in [5, 5.41) is 0.653. The lowest BCUT2D eigenvalue weighted by Crippen LogP contribution is -1.98. The molecule has 1 aromatic heterocycles. The molecule has 0 radical (unpaired) electrons. The smallest absolute Gasteiger partial charge is 0.138 e. The normalized spacial score (nSPS) is 9.47. The summed E-state index contributed by atoms with van der Waals surface area (Å²) in [6, 6.07) is 11.6. The molecule has 0 fully saturated rings. The molecule has 0 aliphatic rings. The van der Waals surface area contributed by atoms with E-state index in [0.29, 0.717) is 17.4 Å². The number of halogens is 1. The summed E-state index contributed by atoms with van der Waals surface area (Å²) in [4.78, 5) is 4.19. The molecule has 0 N–H and O–H groups in total. The number of nitrogens with zero attached hydrogens (tertiary/aromatic N) is 1. The first kappa shape index (κ1) is 15.5. The molecule has 2 nitrogen and oxygen atoms in total. The minimum absolute atomic E-state index is 0.437. The predicted molar refractivity (Wildman–Crippen MR) is 80.7 cm³/mol. The molecule has 0 unspecified atom stereocenters. The highest BCUT2D eigenvalue weighted by Crippen LogP contribution is 2.26. The third kappa shape index (κ3) is 4.92. The van der Waals surface area contributed by atoms with Gasteiger partial charge in [0.15, 0.2) is 0 Å². The van der Waals surface area contributed by atoms with Gasteiger partial charge < -0.3 is 4.74 Å². The average molecular weight is 278 g/mol. The molecule has 2 rings (SSSR count). The van der Waals surface area contributed by atoms with E-state index in [9.17, 15) is 0 Å². The molecular formula is C16H20ClNO. The van der Waals surface area contributed by atoms with Gasteiger partial charge in [-0.15, -0.1) is 0 Å². The van der Waals surface area contributed by atoms with Gasteiger partial charge in [0.05, 0.1) is 10.7 Å². The van der Waals surface area contributed by atoms with Crippen LogP contribution in [0, 0.1) is 0 Å². The zero-order valence-electron chi connectivity index (χ0n) is 11.7. The molecule has 0 atom stereocenters. The Kier molecular flexibility index (Phi) is 6.98. The summed E-state index contributed by atoms with van der Waals surface area (Å²) < 4.78 is 5.63. The standard InChI is InChI=1S/C14H14ClNO.C2H6/c1-2-11-6-7-14(13(15)9-11)17-10-12-5-3-4-8-16-12;1-2/h3-9H,2,10H2,1H3;1-2H3. The van der Waals surface area contributed by atoms with Crippen molar-refractivity contribution >= 4 is 11.6 Å². The fraction of sp³-hybridized carbons (Fsp3) is 0.312. The summed E-state index contributed by atoms with van der Waals surface area (Å²) in [5.74, 6) is 0.703. The molecule has 0 bridgehead atoms. The van der Waals surface area contributed by atoms with Gasteiger partial charge in [0.2, 0.25) is 0 Å². The zero-order valence-corrected chi connectivity index (χ0v) is 12.4. The molecule has 3 heteroatoms. The predicted octanol–water partition coefficient (Wildman–Crippen LogP) is 4.90. The summed E-state index contributed by atoms with van der Waals surface area (Å²) >= 11 is 6.13. The number of hydrogen-bond acceptors (Lipinski definition) is 2. The van der Waals surface area contributed by atoms with E-state index in [1.165, 1.54) is 5.56 Å². The van der Waals surface area contributed by atoms with Crippen LogP contribution in [0.4, 0.5) is 0 Å². The van der Waals surface area contributed by atoms with Crippen molar-refractivity contribution < 1.29 is 4.74 Å². The Morgan fingerprint density at radius 1 is 1.16 bits per heavy atom. The monoisotopic (exact) mass is 277 g/mol. The van der Waals surface area contributed by atoms with Gasteiger partial charge in [-0.05, 0) is 36.2 Å². The Bertz CT molecular complexity index is 485. The highest BCUT2D eigenvalue weighted by molar-refractivity contribution is 6.32. The van der Waals surface area contributed by atoms with Gasteiger partial charge in [0.1, 0.15) is 12.4 Å². The zero-order chi connectivity index (χ0) is 14.1. The lowest BCUT2D eigenvalue weighted by Gasteiger charge is -2.08. The van der Waals surface area contributed by atoms with Crippen LogP contribution < -0.4 is 4.74 Å². The van der Waals surface area contributed by atoms with Crippen molar-refractivity contribution in [2.75, 3.05) is 0 Å². The molecule has 102 valence electrons. The molecule has 0 aliphatic heterocycles. The molecule has 1 aromatic carbocycles. The van der Waals surface area contributed by atoms with E-state index in [4.69, 9.17) is 16.3 Å². The van der Waals surface area contributed by atoms with Crippen LogP contribution in [0.5, 0.6) is 5.75 Å². The van der Waals surface area contributed by atoms with Gasteiger partial charge in [0, 0.05) is 6.20 Å². The van der Waals surface area contributed by atoms with Gasteiger partial charge in [-0.1, -0.05) is 44.5 Å². The summed E-state index contributed by atoms with van der Waals surface area (Å²) in [7, 11) is 0. The van der Waals surface area contributed by atoms with E-state index in [-0.39, 0.29) is 0 Å². The Balaban J connectivity index is 0.000000861. The van der Waals surface area contributed by atoms with Crippen molar-refractivity contribution in [3.05, 3.63) is 58.9 Å². The van der Waals surface area contributed by atoms with Gasteiger partial charge in [-0.25, -0.2) is 0 Å². The number of hydrogen-bond donors (Lipinski definition) is 0. The maximum atomic E-state index is 6.13. The van der Waals surface area contributed by atoms with Crippen LogP contribution in [0.3, 0.4) is 0 Å². The fourth-order valence-corrected chi connectivity index (χ4v) is 1.77. The molecule has 0 saturated heterocycles. The Hall–Kier alpha value is -1.54. The number of rotatable bonds is 4.